The minimum Gasteiger partial charge on any atom is -0.497 e. The van der Waals surface area contributed by atoms with Gasteiger partial charge in [-0.2, -0.15) is 4.31 Å². The van der Waals surface area contributed by atoms with Crippen LogP contribution >= 0.6 is 11.6 Å². The second kappa shape index (κ2) is 9.72. The molecule has 1 aliphatic heterocycles. The Morgan fingerprint density at radius 1 is 1.06 bits per heavy atom. The average molecular weight is 515 g/mol. The van der Waals surface area contributed by atoms with E-state index in [-0.39, 0.29) is 23.5 Å². The molecule has 0 spiro atoms. The van der Waals surface area contributed by atoms with Gasteiger partial charge in [-0.25, -0.2) is 16.8 Å². The van der Waals surface area contributed by atoms with E-state index in [9.17, 15) is 26.7 Å². The number of anilines is 1. The first kappa shape index (κ1) is 25.0. The molecule has 0 saturated carbocycles. The molecular formula is C21H23ClN2O7S2. The van der Waals surface area contributed by atoms with Crippen molar-refractivity contribution in [2.24, 2.45) is 0 Å². The molecular weight excluding hydrogens is 492 g/mol. The van der Waals surface area contributed by atoms with Gasteiger partial charge < -0.3 is 9.84 Å². The molecule has 0 fully saturated rings. The van der Waals surface area contributed by atoms with Gasteiger partial charge in [0.25, 0.3) is 0 Å². The van der Waals surface area contributed by atoms with Crippen LogP contribution in [0.2, 0.25) is 5.02 Å². The molecule has 9 nitrogen and oxygen atoms in total. The third-order valence-electron chi connectivity index (χ3n) is 5.16. The van der Waals surface area contributed by atoms with Gasteiger partial charge in [0, 0.05) is 11.6 Å². The number of benzene rings is 2. The first-order valence-electron chi connectivity index (χ1n) is 9.75. The normalized spacial score (nSPS) is 19.6. The molecule has 0 bridgehead atoms. The Labute approximate surface area is 197 Å². The molecule has 1 heterocycles. The van der Waals surface area contributed by atoms with E-state index in [1.54, 1.807) is 6.08 Å². The summed E-state index contributed by atoms with van der Waals surface area (Å²) < 4.78 is 59.3. The van der Waals surface area contributed by atoms with E-state index in [4.69, 9.17) is 16.3 Å². The summed E-state index contributed by atoms with van der Waals surface area (Å²) in [6.07, 6.45) is 4.02. The van der Waals surface area contributed by atoms with Crippen LogP contribution in [-0.4, -0.2) is 64.2 Å². The van der Waals surface area contributed by atoms with E-state index in [1.165, 1.54) is 61.7 Å². The molecule has 0 saturated heterocycles. The highest BCUT2D eigenvalue weighted by atomic mass is 35.5. The number of hydrogen-bond donors (Lipinski definition) is 1. The van der Waals surface area contributed by atoms with Crippen LogP contribution in [0.5, 0.6) is 5.75 Å². The maximum Gasteiger partial charge on any atom is 0.324 e. The van der Waals surface area contributed by atoms with Crippen molar-refractivity contribution in [3.63, 3.8) is 0 Å². The monoisotopic (exact) mass is 514 g/mol. The summed E-state index contributed by atoms with van der Waals surface area (Å²) in [6.45, 7) is -0.236. The molecule has 2 unspecified atom stereocenters. The van der Waals surface area contributed by atoms with E-state index in [0.29, 0.717) is 10.8 Å². The Hall–Kier alpha value is -2.60. The predicted molar refractivity (Wildman–Crippen MR) is 125 cm³/mol. The summed E-state index contributed by atoms with van der Waals surface area (Å²) in [4.78, 5) is 12.3. The van der Waals surface area contributed by atoms with Crippen molar-refractivity contribution >= 4 is 43.3 Å². The van der Waals surface area contributed by atoms with Crippen molar-refractivity contribution in [3.05, 3.63) is 65.7 Å². The number of methoxy groups -OCH3 is 1. The highest BCUT2D eigenvalue weighted by Gasteiger charge is 2.45. The molecule has 1 N–H and O–H groups in total. The van der Waals surface area contributed by atoms with Crippen molar-refractivity contribution in [2.75, 3.05) is 24.2 Å². The Morgan fingerprint density at radius 2 is 1.67 bits per heavy atom. The summed E-state index contributed by atoms with van der Waals surface area (Å²) in [5.41, 5.74) is 0.176. The minimum atomic E-state index is -4.30. The van der Waals surface area contributed by atoms with Gasteiger partial charge in [-0.05, 0) is 55.0 Å². The SMILES string of the molecule is COc1ccc(S(=O)(=O)N2CC=CCC(N(c3ccc(Cl)cc3)S(C)(=O)=O)C2C(=O)O)cc1. The van der Waals surface area contributed by atoms with Gasteiger partial charge in [0.15, 0.2) is 0 Å². The Kier molecular flexibility index (Phi) is 7.37. The quantitative estimate of drug-likeness (QED) is 0.563. The number of ether oxygens (including phenoxy) is 1. The summed E-state index contributed by atoms with van der Waals surface area (Å²) in [6, 6.07) is 8.41. The van der Waals surface area contributed by atoms with Gasteiger partial charge >= 0.3 is 5.97 Å². The maximum atomic E-state index is 13.5. The smallest absolute Gasteiger partial charge is 0.324 e. The lowest BCUT2D eigenvalue weighted by atomic mass is 10.0. The number of nitrogens with zero attached hydrogens (tertiary/aromatic N) is 2. The van der Waals surface area contributed by atoms with E-state index < -0.39 is 38.1 Å². The van der Waals surface area contributed by atoms with Crippen molar-refractivity contribution in [1.29, 1.82) is 0 Å². The van der Waals surface area contributed by atoms with Crippen LogP contribution in [0.3, 0.4) is 0 Å². The molecule has 0 aliphatic carbocycles. The number of halogens is 1. The van der Waals surface area contributed by atoms with Crippen molar-refractivity contribution in [3.8, 4) is 5.75 Å². The number of sulfonamides is 2. The zero-order chi connectivity index (χ0) is 24.4. The van der Waals surface area contributed by atoms with Crippen LogP contribution in [0.1, 0.15) is 6.42 Å². The molecule has 1 aliphatic rings. The Morgan fingerprint density at radius 3 is 2.18 bits per heavy atom. The zero-order valence-corrected chi connectivity index (χ0v) is 20.2. The number of carbonyl (C=O) groups is 1. The van der Waals surface area contributed by atoms with Gasteiger partial charge in [-0.3, -0.25) is 9.10 Å². The molecule has 2 atom stereocenters. The molecule has 0 amide bonds. The highest BCUT2D eigenvalue weighted by Crippen LogP contribution is 2.31. The van der Waals surface area contributed by atoms with E-state index in [1.807, 2.05) is 0 Å². The molecule has 12 heteroatoms. The van der Waals surface area contributed by atoms with Crippen molar-refractivity contribution in [2.45, 2.75) is 23.4 Å². The first-order valence-corrected chi connectivity index (χ1v) is 13.4. The largest absolute Gasteiger partial charge is 0.497 e. The lowest BCUT2D eigenvalue weighted by molar-refractivity contribution is -0.141. The van der Waals surface area contributed by atoms with Crippen LogP contribution in [0.15, 0.2) is 65.6 Å². The van der Waals surface area contributed by atoms with Gasteiger partial charge in [0.2, 0.25) is 20.0 Å². The van der Waals surface area contributed by atoms with E-state index >= 15 is 0 Å². The number of rotatable bonds is 7. The topological polar surface area (TPSA) is 121 Å². The van der Waals surface area contributed by atoms with Gasteiger partial charge in [-0.1, -0.05) is 23.8 Å². The maximum absolute atomic E-state index is 13.5. The van der Waals surface area contributed by atoms with Gasteiger partial charge in [-0.15, -0.1) is 0 Å². The fraction of sp³-hybridized carbons (Fsp3) is 0.286. The number of carboxylic acid groups (broad SMARTS) is 1. The standard InChI is InChI=1S/C21H23ClN2O7S2/c1-31-17-10-12-18(13-11-17)33(29,30)23-14-4-3-5-19(20(23)21(25)26)24(32(2,27)28)16-8-6-15(22)7-9-16/h3-4,6-13,19-20H,5,14H2,1-2H3,(H,25,26). The predicted octanol–water partition coefficient (Wildman–Crippen LogP) is 2.59. The zero-order valence-electron chi connectivity index (χ0n) is 17.8. The van der Waals surface area contributed by atoms with Crippen molar-refractivity contribution in [1.82, 2.24) is 4.31 Å². The lowest BCUT2D eigenvalue weighted by Crippen LogP contribution is -2.58. The number of carboxylic acids is 1. The third kappa shape index (κ3) is 5.32. The minimum absolute atomic E-state index is 0.0126. The van der Waals surface area contributed by atoms with Gasteiger partial charge in [0.1, 0.15) is 11.8 Å². The molecule has 178 valence electrons. The summed E-state index contributed by atoms with van der Waals surface area (Å²) in [5, 5.41) is 10.5. The molecule has 2 aromatic rings. The van der Waals surface area contributed by atoms with Crippen LogP contribution in [0, 0.1) is 0 Å². The van der Waals surface area contributed by atoms with Crippen molar-refractivity contribution < 1.29 is 31.5 Å². The Balaban J connectivity index is 2.14. The molecule has 33 heavy (non-hydrogen) atoms. The van der Waals surface area contributed by atoms with Crippen LogP contribution < -0.4 is 9.04 Å². The number of hydrogen-bond acceptors (Lipinski definition) is 6. The van der Waals surface area contributed by atoms with E-state index in [2.05, 4.69) is 0 Å². The van der Waals surface area contributed by atoms with Gasteiger partial charge in [0.05, 0.1) is 30.0 Å². The fourth-order valence-corrected chi connectivity index (χ4v) is 6.59. The van der Waals surface area contributed by atoms with Crippen LogP contribution in [-0.2, 0) is 24.8 Å². The molecule has 0 radical (unpaired) electrons. The second-order valence-electron chi connectivity index (χ2n) is 7.34. The highest BCUT2D eigenvalue weighted by molar-refractivity contribution is 7.92. The molecule has 3 rings (SSSR count). The third-order valence-corrected chi connectivity index (χ3v) is 8.47. The van der Waals surface area contributed by atoms with Crippen LogP contribution in [0.4, 0.5) is 5.69 Å². The van der Waals surface area contributed by atoms with Crippen LogP contribution in [0.25, 0.3) is 0 Å². The summed E-state index contributed by atoms with van der Waals surface area (Å²) in [5.74, 6) is -1.04. The summed E-state index contributed by atoms with van der Waals surface area (Å²) in [7, 11) is -6.87. The fourth-order valence-electron chi connectivity index (χ4n) is 3.71. The van der Waals surface area contributed by atoms with E-state index in [0.717, 1.165) is 14.9 Å². The number of aliphatic carboxylic acids is 1. The Bertz CT molecular complexity index is 1240. The lowest BCUT2D eigenvalue weighted by Gasteiger charge is -2.38. The average Bonchev–Trinajstić information content (AvgIpc) is 2.98. The second-order valence-corrected chi connectivity index (χ2v) is 11.5. The molecule has 2 aromatic carbocycles. The first-order chi connectivity index (χ1) is 15.5. The summed E-state index contributed by atoms with van der Waals surface area (Å²) >= 11 is 5.92. The molecule has 0 aromatic heterocycles.